The number of hydrogen-bond donors (Lipinski definition) is 1. The molecule has 3 rings (SSSR count). The molecule has 106 valence electrons. The second kappa shape index (κ2) is 5.32. The zero-order valence-electron chi connectivity index (χ0n) is 10.9. The minimum absolute atomic E-state index is 0.305. The van der Waals surface area contributed by atoms with Gasteiger partial charge in [0.1, 0.15) is 5.69 Å². The topological polar surface area (TPSA) is 89.1 Å². The number of rotatable bonds is 4. The third-order valence-electron chi connectivity index (χ3n) is 3.88. The molecule has 1 N–H and O–H groups in total. The van der Waals surface area contributed by atoms with Gasteiger partial charge in [0, 0.05) is 11.8 Å². The van der Waals surface area contributed by atoms with Gasteiger partial charge in [0.15, 0.2) is 0 Å². The molecule has 2 aromatic rings. The van der Waals surface area contributed by atoms with Crippen molar-refractivity contribution < 1.29 is 14.4 Å². The number of carboxylic acids is 1. The van der Waals surface area contributed by atoms with E-state index >= 15 is 0 Å². The molecule has 0 radical (unpaired) electrons. The van der Waals surface area contributed by atoms with Crippen LogP contribution in [-0.2, 0) is 11.2 Å². The van der Waals surface area contributed by atoms with Crippen LogP contribution in [0.3, 0.4) is 0 Å². The third kappa shape index (κ3) is 2.45. The molecule has 1 aliphatic rings. The number of nitrogens with zero attached hydrogens (tertiary/aromatic N) is 3. The zero-order valence-corrected chi connectivity index (χ0v) is 11.7. The number of thiazole rings is 1. The van der Waals surface area contributed by atoms with Gasteiger partial charge in [-0.15, -0.1) is 11.3 Å². The molecule has 1 fully saturated rings. The average Bonchev–Trinajstić information content (AvgIpc) is 3.10. The first kappa shape index (κ1) is 13.2. The summed E-state index contributed by atoms with van der Waals surface area (Å²) in [7, 11) is 0. The molecule has 0 saturated heterocycles. The van der Waals surface area contributed by atoms with E-state index in [4.69, 9.17) is 4.52 Å². The molecule has 7 heteroatoms. The lowest BCUT2D eigenvalue weighted by molar-refractivity contribution is -0.151. The highest BCUT2D eigenvalue weighted by molar-refractivity contribution is 7.07. The van der Waals surface area contributed by atoms with E-state index in [0.29, 0.717) is 36.7 Å². The van der Waals surface area contributed by atoms with Gasteiger partial charge in [0.25, 0.3) is 0 Å². The molecule has 0 amide bonds. The molecule has 20 heavy (non-hydrogen) atoms. The van der Waals surface area contributed by atoms with E-state index in [1.54, 1.807) is 5.51 Å². The first-order chi connectivity index (χ1) is 9.70. The quantitative estimate of drug-likeness (QED) is 0.932. The van der Waals surface area contributed by atoms with Crippen molar-refractivity contribution in [2.45, 2.75) is 38.5 Å². The van der Waals surface area contributed by atoms with Crippen molar-refractivity contribution in [2.75, 3.05) is 0 Å². The summed E-state index contributed by atoms with van der Waals surface area (Å²) in [6.07, 6.45) is 4.65. The van der Waals surface area contributed by atoms with Gasteiger partial charge in [-0.2, -0.15) is 4.98 Å². The largest absolute Gasteiger partial charge is 0.481 e. The Kier molecular flexibility index (Phi) is 3.52. The van der Waals surface area contributed by atoms with Crippen molar-refractivity contribution in [2.24, 2.45) is 5.41 Å². The van der Waals surface area contributed by atoms with Crippen molar-refractivity contribution in [3.05, 3.63) is 16.8 Å². The highest BCUT2D eigenvalue weighted by Crippen LogP contribution is 2.39. The summed E-state index contributed by atoms with van der Waals surface area (Å²) in [5, 5.41) is 15.3. The van der Waals surface area contributed by atoms with Crippen molar-refractivity contribution in [1.82, 2.24) is 15.1 Å². The van der Waals surface area contributed by atoms with Gasteiger partial charge >= 0.3 is 5.97 Å². The van der Waals surface area contributed by atoms with Crippen LogP contribution in [0, 0.1) is 5.41 Å². The number of carboxylic acid groups (broad SMARTS) is 1. The highest BCUT2D eigenvalue weighted by Gasteiger charge is 2.41. The minimum atomic E-state index is -0.759. The molecule has 0 aliphatic heterocycles. The Morgan fingerprint density at radius 1 is 1.40 bits per heavy atom. The van der Waals surface area contributed by atoms with Crippen molar-refractivity contribution in [1.29, 1.82) is 0 Å². The Balaban J connectivity index is 1.81. The highest BCUT2D eigenvalue weighted by atomic mass is 32.1. The van der Waals surface area contributed by atoms with Crippen LogP contribution >= 0.6 is 11.3 Å². The van der Waals surface area contributed by atoms with Gasteiger partial charge in [-0.25, -0.2) is 4.98 Å². The fraction of sp³-hybridized carbons (Fsp3) is 0.538. The molecular weight excluding hydrogens is 278 g/mol. The standard InChI is InChI=1S/C13H15N3O3S/c17-12(18)13(4-2-1-3-5-13)6-10-15-11(16-19-10)9-7-20-8-14-9/h7-8H,1-6H2,(H,17,18). The molecule has 0 spiro atoms. The number of aromatic nitrogens is 3. The third-order valence-corrected chi connectivity index (χ3v) is 4.47. The Hall–Kier alpha value is -1.76. The van der Waals surface area contributed by atoms with Gasteiger partial charge in [-0.05, 0) is 12.8 Å². The molecule has 0 aromatic carbocycles. The average molecular weight is 293 g/mol. The van der Waals surface area contributed by atoms with Gasteiger partial charge in [0.2, 0.25) is 11.7 Å². The second-order valence-electron chi connectivity index (χ2n) is 5.21. The molecule has 0 unspecified atom stereocenters. The molecule has 1 saturated carbocycles. The summed E-state index contributed by atoms with van der Waals surface area (Å²) in [6.45, 7) is 0. The fourth-order valence-electron chi connectivity index (χ4n) is 2.74. The number of carbonyl (C=O) groups is 1. The van der Waals surface area contributed by atoms with E-state index in [-0.39, 0.29) is 0 Å². The van der Waals surface area contributed by atoms with Crippen LogP contribution in [0.5, 0.6) is 0 Å². The van der Waals surface area contributed by atoms with Crippen LogP contribution in [0.2, 0.25) is 0 Å². The van der Waals surface area contributed by atoms with Gasteiger partial charge in [-0.1, -0.05) is 24.4 Å². The van der Waals surface area contributed by atoms with E-state index in [0.717, 1.165) is 19.3 Å². The minimum Gasteiger partial charge on any atom is -0.481 e. The van der Waals surface area contributed by atoms with Crippen LogP contribution in [0.1, 0.15) is 38.0 Å². The summed E-state index contributed by atoms with van der Waals surface area (Å²) >= 11 is 1.46. The van der Waals surface area contributed by atoms with E-state index in [1.165, 1.54) is 11.3 Å². The van der Waals surface area contributed by atoms with Crippen molar-refractivity contribution in [3.63, 3.8) is 0 Å². The van der Waals surface area contributed by atoms with Gasteiger partial charge < -0.3 is 9.63 Å². The van der Waals surface area contributed by atoms with Crippen LogP contribution in [0.25, 0.3) is 11.5 Å². The summed E-state index contributed by atoms with van der Waals surface area (Å²) in [4.78, 5) is 20.0. The van der Waals surface area contributed by atoms with Crippen LogP contribution in [0.15, 0.2) is 15.4 Å². The second-order valence-corrected chi connectivity index (χ2v) is 5.93. The molecule has 2 aromatic heterocycles. The maximum absolute atomic E-state index is 11.6. The summed E-state index contributed by atoms with van der Waals surface area (Å²) in [6, 6.07) is 0. The molecular formula is C13H15N3O3S. The molecule has 2 heterocycles. The normalized spacial score (nSPS) is 18.0. The number of hydrogen-bond acceptors (Lipinski definition) is 6. The number of aliphatic carboxylic acids is 1. The van der Waals surface area contributed by atoms with Gasteiger partial charge in [-0.3, -0.25) is 4.79 Å². The maximum atomic E-state index is 11.6. The van der Waals surface area contributed by atoms with Crippen molar-refractivity contribution >= 4 is 17.3 Å². The lowest BCUT2D eigenvalue weighted by Gasteiger charge is -2.31. The van der Waals surface area contributed by atoms with E-state index in [1.807, 2.05) is 5.38 Å². The molecule has 1 aliphatic carbocycles. The SMILES string of the molecule is O=C(O)C1(Cc2nc(-c3cscn3)no2)CCCCC1. The van der Waals surface area contributed by atoms with Gasteiger partial charge in [0.05, 0.1) is 10.9 Å². The predicted molar refractivity (Wildman–Crippen MR) is 72.3 cm³/mol. The first-order valence-corrected chi connectivity index (χ1v) is 7.58. The zero-order chi connectivity index (χ0) is 14.0. The van der Waals surface area contributed by atoms with Crippen molar-refractivity contribution in [3.8, 4) is 11.5 Å². The lowest BCUT2D eigenvalue weighted by atomic mass is 9.72. The van der Waals surface area contributed by atoms with Crippen LogP contribution < -0.4 is 0 Å². The van der Waals surface area contributed by atoms with Crippen LogP contribution in [-0.4, -0.2) is 26.2 Å². The van der Waals surface area contributed by atoms with Crippen LogP contribution in [0.4, 0.5) is 0 Å². The predicted octanol–water partition coefficient (Wildman–Crippen LogP) is 2.77. The summed E-state index contributed by atoms with van der Waals surface area (Å²) < 4.78 is 5.21. The maximum Gasteiger partial charge on any atom is 0.310 e. The van der Waals surface area contributed by atoms with E-state index in [9.17, 15) is 9.90 Å². The van der Waals surface area contributed by atoms with E-state index in [2.05, 4.69) is 15.1 Å². The summed E-state index contributed by atoms with van der Waals surface area (Å²) in [5.41, 5.74) is 1.62. The van der Waals surface area contributed by atoms with E-state index < -0.39 is 11.4 Å². The fourth-order valence-corrected chi connectivity index (χ4v) is 3.27. The molecule has 6 nitrogen and oxygen atoms in total. The Morgan fingerprint density at radius 2 is 2.20 bits per heavy atom. The molecule has 0 atom stereocenters. The lowest BCUT2D eigenvalue weighted by Crippen LogP contribution is -2.35. The molecule has 0 bridgehead atoms. The monoisotopic (exact) mass is 293 g/mol. The smallest absolute Gasteiger partial charge is 0.310 e. The Bertz CT molecular complexity index is 588. The first-order valence-electron chi connectivity index (χ1n) is 6.64. The Labute approximate surface area is 119 Å². The summed E-state index contributed by atoms with van der Waals surface area (Å²) in [5.74, 6) is 0.0560. The Morgan fingerprint density at radius 3 is 2.85 bits per heavy atom.